The Labute approximate surface area is 118 Å². The van der Waals surface area contributed by atoms with Gasteiger partial charge < -0.3 is 11.1 Å². The third kappa shape index (κ3) is 5.05. The molecule has 0 atom stereocenters. The van der Waals surface area contributed by atoms with Gasteiger partial charge in [0.2, 0.25) is 5.91 Å². The number of hydrazone groups is 1. The second-order valence-corrected chi connectivity index (χ2v) is 4.84. The average Bonchev–Trinajstić information content (AvgIpc) is 2.36. The molecule has 0 aromatic heterocycles. The summed E-state index contributed by atoms with van der Waals surface area (Å²) in [4.78, 5) is 11.6. The maximum atomic E-state index is 11.6. The predicted molar refractivity (Wildman–Crippen MR) is 82.0 cm³/mol. The molecule has 0 saturated carbocycles. The Morgan fingerprint density at radius 3 is 2.68 bits per heavy atom. The van der Waals surface area contributed by atoms with E-state index in [1.54, 1.807) is 0 Å². The van der Waals surface area contributed by atoms with Crippen molar-refractivity contribution >= 4 is 34.6 Å². The molecule has 4 N–H and O–H groups in total. The van der Waals surface area contributed by atoms with Crippen LogP contribution in [0.4, 0.5) is 5.69 Å². The molecule has 0 aliphatic carbocycles. The number of carbonyl (C=O) groups excluding carboxylic acids is 1. The van der Waals surface area contributed by atoms with Gasteiger partial charge in [-0.2, -0.15) is 5.10 Å². The Morgan fingerprint density at radius 1 is 1.42 bits per heavy atom. The Bertz CT molecular complexity index is 511. The summed E-state index contributed by atoms with van der Waals surface area (Å²) in [5.41, 5.74) is 10.2. The first-order valence-electron chi connectivity index (χ1n) is 5.91. The molecule has 0 saturated heterocycles. The van der Waals surface area contributed by atoms with Gasteiger partial charge in [-0.1, -0.05) is 26.0 Å². The fourth-order valence-corrected chi connectivity index (χ4v) is 1.36. The monoisotopic (exact) mass is 278 g/mol. The molecule has 1 rings (SSSR count). The van der Waals surface area contributed by atoms with Crippen LogP contribution in [-0.4, -0.2) is 16.7 Å². The van der Waals surface area contributed by atoms with Crippen LogP contribution in [0.2, 0.25) is 0 Å². The van der Waals surface area contributed by atoms with E-state index in [4.69, 9.17) is 5.73 Å². The van der Waals surface area contributed by atoms with Crippen molar-refractivity contribution in [2.24, 2.45) is 16.8 Å². The van der Waals surface area contributed by atoms with Crippen molar-refractivity contribution in [3.63, 3.8) is 0 Å². The molecular weight excluding hydrogens is 260 g/mol. The van der Waals surface area contributed by atoms with E-state index in [-0.39, 0.29) is 16.9 Å². The van der Waals surface area contributed by atoms with Gasteiger partial charge in [-0.15, -0.1) is 0 Å². The van der Waals surface area contributed by atoms with E-state index in [1.807, 2.05) is 45.0 Å². The number of thiocarbonyl (C=S) groups is 1. The highest BCUT2D eigenvalue weighted by molar-refractivity contribution is 7.80. The van der Waals surface area contributed by atoms with Crippen molar-refractivity contribution in [1.82, 2.24) is 5.43 Å². The van der Waals surface area contributed by atoms with Crippen molar-refractivity contribution < 1.29 is 4.79 Å². The Hall–Kier alpha value is -1.95. The standard InChI is InChI=1S/C13H18N4OS/c1-8(2)12(18)15-11-6-4-5-10(7-11)9(3)16-17-13(14)19/h4-8H,1-3H3,(H,15,18)(H3,14,17,19)/b16-9+. The first-order valence-corrected chi connectivity index (χ1v) is 6.32. The van der Waals surface area contributed by atoms with Gasteiger partial charge in [-0.3, -0.25) is 10.2 Å². The van der Waals surface area contributed by atoms with E-state index in [0.717, 1.165) is 17.0 Å². The van der Waals surface area contributed by atoms with E-state index in [9.17, 15) is 4.79 Å². The Kier molecular flexibility index (Phi) is 5.44. The minimum Gasteiger partial charge on any atom is -0.375 e. The molecule has 19 heavy (non-hydrogen) atoms. The van der Waals surface area contributed by atoms with E-state index in [0.29, 0.717) is 0 Å². The zero-order chi connectivity index (χ0) is 14.4. The number of amides is 1. The van der Waals surface area contributed by atoms with Crippen molar-refractivity contribution in [2.75, 3.05) is 5.32 Å². The quantitative estimate of drug-likeness (QED) is 0.446. The summed E-state index contributed by atoms with van der Waals surface area (Å²) in [5, 5.41) is 6.99. The maximum absolute atomic E-state index is 11.6. The first kappa shape index (κ1) is 15.1. The van der Waals surface area contributed by atoms with Crippen LogP contribution >= 0.6 is 12.2 Å². The molecule has 0 heterocycles. The number of nitrogens with one attached hydrogen (secondary N) is 2. The van der Waals surface area contributed by atoms with E-state index >= 15 is 0 Å². The average molecular weight is 278 g/mol. The minimum atomic E-state index is -0.0605. The number of carbonyl (C=O) groups is 1. The van der Waals surface area contributed by atoms with Crippen molar-refractivity contribution in [3.8, 4) is 0 Å². The summed E-state index contributed by atoms with van der Waals surface area (Å²) in [6.45, 7) is 5.52. The van der Waals surface area contributed by atoms with Gasteiger partial charge in [0.15, 0.2) is 5.11 Å². The van der Waals surface area contributed by atoms with Crippen molar-refractivity contribution in [3.05, 3.63) is 29.8 Å². The molecule has 1 aromatic rings. The molecule has 5 nitrogen and oxygen atoms in total. The van der Waals surface area contributed by atoms with Gasteiger partial charge in [0.25, 0.3) is 0 Å². The summed E-state index contributed by atoms with van der Waals surface area (Å²) in [7, 11) is 0. The van der Waals surface area contributed by atoms with Gasteiger partial charge in [0, 0.05) is 11.6 Å². The molecule has 0 spiro atoms. The fourth-order valence-electron chi connectivity index (χ4n) is 1.31. The summed E-state index contributed by atoms with van der Waals surface area (Å²) >= 11 is 4.68. The molecule has 0 aliphatic heterocycles. The SMILES string of the molecule is C/C(=N\NC(N)=S)c1cccc(NC(=O)C(C)C)c1. The number of hydrogen-bond donors (Lipinski definition) is 3. The van der Waals surface area contributed by atoms with E-state index < -0.39 is 0 Å². The molecule has 0 bridgehead atoms. The highest BCUT2D eigenvalue weighted by Crippen LogP contribution is 2.12. The van der Waals surface area contributed by atoms with Gasteiger partial charge in [0.1, 0.15) is 0 Å². The van der Waals surface area contributed by atoms with Crippen molar-refractivity contribution in [1.29, 1.82) is 0 Å². The molecule has 0 radical (unpaired) electrons. The molecular formula is C13H18N4OS. The Morgan fingerprint density at radius 2 is 2.11 bits per heavy atom. The van der Waals surface area contributed by atoms with E-state index in [1.165, 1.54) is 0 Å². The lowest BCUT2D eigenvalue weighted by Crippen LogP contribution is -2.25. The molecule has 0 unspecified atom stereocenters. The molecule has 1 aromatic carbocycles. The highest BCUT2D eigenvalue weighted by atomic mass is 32.1. The summed E-state index contributed by atoms with van der Waals surface area (Å²) in [5.74, 6) is -0.0808. The second kappa shape index (κ2) is 6.84. The topological polar surface area (TPSA) is 79.5 Å². The van der Waals surface area contributed by atoms with Crippen LogP contribution in [0.3, 0.4) is 0 Å². The third-order valence-corrected chi connectivity index (χ3v) is 2.50. The molecule has 102 valence electrons. The van der Waals surface area contributed by atoms with Gasteiger partial charge >= 0.3 is 0 Å². The van der Waals surface area contributed by atoms with Crippen LogP contribution in [0.15, 0.2) is 29.4 Å². The van der Waals surface area contributed by atoms with Crippen LogP contribution in [0, 0.1) is 5.92 Å². The summed E-state index contributed by atoms with van der Waals surface area (Å²) < 4.78 is 0. The third-order valence-electron chi connectivity index (χ3n) is 2.41. The minimum absolute atomic E-state index is 0.0204. The van der Waals surface area contributed by atoms with Crippen LogP contribution in [0.1, 0.15) is 26.3 Å². The number of nitrogens with two attached hydrogens (primary N) is 1. The lowest BCUT2D eigenvalue weighted by molar-refractivity contribution is -0.118. The highest BCUT2D eigenvalue weighted by Gasteiger charge is 2.07. The first-order chi connectivity index (χ1) is 8.90. The summed E-state index contributed by atoms with van der Waals surface area (Å²) in [6, 6.07) is 7.43. The van der Waals surface area contributed by atoms with Crippen LogP contribution < -0.4 is 16.5 Å². The zero-order valence-corrected chi connectivity index (χ0v) is 12.0. The second-order valence-electron chi connectivity index (χ2n) is 4.40. The smallest absolute Gasteiger partial charge is 0.226 e. The molecule has 0 fully saturated rings. The largest absolute Gasteiger partial charge is 0.375 e. The summed E-state index contributed by atoms with van der Waals surface area (Å²) in [6.07, 6.45) is 0. The lowest BCUT2D eigenvalue weighted by atomic mass is 10.1. The van der Waals surface area contributed by atoms with Gasteiger partial charge in [0.05, 0.1) is 5.71 Å². The zero-order valence-electron chi connectivity index (χ0n) is 11.2. The predicted octanol–water partition coefficient (Wildman–Crippen LogP) is 1.84. The van der Waals surface area contributed by atoms with E-state index in [2.05, 4.69) is 28.1 Å². The number of anilines is 1. The van der Waals surface area contributed by atoms with Crippen LogP contribution in [0.5, 0.6) is 0 Å². The number of rotatable bonds is 4. The maximum Gasteiger partial charge on any atom is 0.226 e. The van der Waals surface area contributed by atoms with Gasteiger partial charge in [-0.25, -0.2) is 0 Å². The number of nitrogens with zero attached hydrogens (tertiary/aromatic N) is 1. The Balaban J connectivity index is 2.85. The lowest BCUT2D eigenvalue weighted by Gasteiger charge is -2.09. The fraction of sp³-hybridized carbons (Fsp3) is 0.308. The molecule has 0 aliphatic rings. The normalized spacial score (nSPS) is 11.3. The number of benzene rings is 1. The molecule has 6 heteroatoms. The van der Waals surface area contributed by atoms with Crippen LogP contribution in [0.25, 0.3) is 0 Å². The van der Waals surface area contributed by atoms with Gasteiger partial charge in [-0.05, 0) is 36.8 Å². The molecule has 1 amide bonds. The van der Waals surface area contributed by atoms with Crippen molar-refractivity contribution in [2.45, 2.75) is 20.8 Å². The van der Waals surface area contributed by atoms with Crippen LogP contribution in [-0.2, 0) is 4.79 Å². The number of hydrogen-bond acceptors (Lipinski definition) is 3.